The lowest BCUT2D eigenvalue weighted by molar-refractivity contribution is -0.311. The summed E-state index contributed by atoms with van der Waals surface area (Å²) in [5.74, 6) is -0.836. The Kier molecular flexibility index (Phi) is 5.05. The van der Waals surface area contributed by atoms with E-state index in [9.17, 15) is 15.0 Å². The molecule has 2 N–H and O–H groups in total. The highest BCUT2D eigenvalue weighted by atomic mass is 16.9. The van der Waals surface area contributed by atoms with Crippen molar-refractivity contribution in [3.8, 4) is 29.6 Å². The molecule has 3 fully saturated rings. The predicted molar refractivity (Wildman–Crippen MR) is 135 cm³/mol. The number of hydrogen-bond donors (Lipinski definition) is 2. The zero-order valence-electron chi connectivity index (χ0n) is 22.3. The molecule has 4 heterocycles. The van der Waals surface area contributed by atoms with E-state index < -0.39 is 47.5 Å². The molecule has 10 nitrogen and oxygen atoms in total. The van der Waals surface area contributed by atoms with Crippen molar-refractivity contribution in [1.29, 1.82) is 0 Å². The van der Waals surface area contributed by atoms with Crippen LogP contribution in [0.2, 0.25) is 0 Å². The van der Waals surface area contributed by atoms with Gasteiger partial charge in [0.25, 0.3) is 5.79 Å². The number of aryl methyl sites for hydroxylation is 1. The summed E-state index contributed by atoms with van der Waals surface area (Å²) >= 11 is 0. The van der Waals surface area contributed by atoms with Gasteiger partial charge in [-0.25, -0.2) is 0 Å². The molecular weight excluding hydrogens is 508 g/mol. The zero-order chi connectivity index (χ0) is 27.6. The normalized spacial score (nSPS) is 37.8. The van der Waals surface area contributed by atoms with Gasteiger partial charge in [-0.1, -0.05) is 12.8 Å². The van der Waals surface area contributed by atoms with Crippen LogP contribution in [0, 0.1) is 25.2 Å². The highest BCUT2D eigenvalue weighted by molar-refractivity contribution is 6.12. The van der Waals surface area contributed by atoms with Crippen molar-refractivity contribution in [2.45, 2.75) is 68.8 Å². The van der Waals surface area contributed by atoms with Crippen LogP contribution < -0.4 is 9.47 Å². The topological polar surface area (TPSA) is 125 Å². The summed E-state index contributed by atoms with van der Waals surface area (Å²) in [5, 5.41) is 23.4. The second-order valence-corrected chi connectivity index (χ2v) is 11.0. The lowest BCUT2D eigenvalue weighted by Crippen LogP contribution is -2.69. The summed E-state index contributed by atoms with van der Waals surface area (Å²) in [6, 6.07) is 1.84. The molecule has 5 unspecified atom stereocenters. The fraction of sp³-hybridized carbons (Fsp3) is 0.552. The van der Waals surface area contributed by atoms with Crippen LogP contribution in [-0.2, 0) is 23.7 Å². The molecule has 10 heteroatoms. The molecule has 7 rings (SSSR count). The van der Waals surface area contributed by atoms with Gasteiger partial charge in [0.2, 0.25) is 11.4 Å². The molecule has 2 aromatic rings. The van der Waals surface area contributed by atoms with Gasteiger partial charge in [-0.3, -0.25) is 4.79 Å². The number of Topliss-reactive ketones (excluding diaryl/α,β-unsaturated/α-hetero) is 1. The Bertz CT molecular complexity index is 1490. The molecule has 39 heavy (non-hydrogen) atoms. The van der Waals surface area contributed by atoms with Gasteiger partial charge in [0.1, 0.15) is 36.1 Å². The number of rotatable bonds is 5. The summed E-state index contributed by atoms with van der Waals surface area (Å²) in [6.45, 7) is 5.56. The Hall–Kier alpha value is -2.91. The summed E-state index contributed by atoms with van der Waals surface area (Å²) in [6.07, 6.45) is 2.87. The first-order chi connectivity index (χ1) is 18.6. The number of ether oxygens (including phenoxy) is 7. The van der Waals surface area contributed by atoms with Crippen LogP contribution >= 0.6 is 0 Å². The number of fused-ring (bicyclic) bond motifs is 8. The molecule has 1 spiro atoms. The Morgan fingerprint density at radius 3 is 2.67 bits per heavy atom. The van der Waals surface area contributed by atoms with Crippen molar-refractivity contribution in [3.05, 3.63) is 28.3 Å². The lowest BCUT2D eigenvalue weighted by Gasteiger charge is -2.49. The van der Waals surface area contributed by atoms with Gasteiger partial charge in [-0.05, 0) is 31.9 Å². The number of terminal acetylenes is 1. The number of benzene rings is 2. The van der Waals surface area contributed by atoms with Gasteiger partial charge < -0.3 is 43.4 Å². The smallest absolute Gasteiger partial charge is 0.278 e. The van der Waals surface area contributed by atoms with Crippen molar-refractivity contribution in [3.63, 3.8) is 0 Å². The van der Waals surface area contributed by atoms with Crippen molar-refractivity contribution in [1.82, 2.24) is 0 Å². The average Bonchev–Trinajstić information content (AvgIpc) is 3.57. The van der Waals surface area contributed by atoms with Gasteiger partial charge in [-0.15, -0.1) is 6.42 Å². The van der Waals surface area contributed by atoms with Gasteiger partial charge in [0.05, 0.1) is 30.8 Å². The summed E-state index contributed by atoms with van der Waals surface area (Å²) in [5.41, 5.74) is 0.532. The maximum Gasteiger partial charge on any atom is 0.278 e. The monoisotopic (exact) mass is 538 g/mol. The molecule has 0 saturated carbocycles. The Balaban J connectivity index is 1.55. The molecule has 206 valence electrons. The minimum Gasteiger partial charge on any atom is -0.506 e. The minimum absolute atomic E-state index is 0.0258. The first-order valence-corrected chi connectivity index (χ1v) is 13.0. The van der Waals surface area contributed by atoms with E-state index in [1.165, 1.54) is 7.11 Å². The number of epoxide rings is 1. The van der Waals surface area contributed by atoms with Crippen LogP contribution in [0.4, 0.5) is 0 Å². The van der Waals surface area contributed by atoms with E-state index in [1.807, 2.05) is 19.9 Å². The molecule has 0 radical (unpaired) electrons. The van der Waals surface area contributed by atoms with E-state index in [4.69, 9.17) is 39.6 Å². The third-order valence-electron chi connectivity index (χ3n) is 9.18. The Morgan fingerprint density at radius 1 is 1.28 bits per heavy atom. The van der Waals surface area contributed by atoms with Gasteiger partial charge in [0, 0.05) is 29.5 Å². The second kappa shape index (κ2) is 7.85. The van der Waals surface area contributed by atoms with Crippen LogP contribution in [0.3, 0.4) is 0 Å². The number of aliphatic hydroxyl groups is 1. The van der Waals surface area contributed by atoms with Crippen molar-refractivity contribution in [2.75, 3.05) is 27.4 Å². The van der Waals surface area contributed by atoms with Crippen LogP contribution in [0.5, 0.6) is 17.2 Å². The molecule has 2 aromatic carbocycles. The van der Waals surface area contributed by atoms with Crippen molar-refractivity contribution < 1.29 is 48.2 Å². The van der Waals surface area contributed by atoms with E-state index in [0.29, 0.717) is 16.7 Å². The Morgan fingerprint density at radius 2 is 2.03 bits per heavy atom. The third-order valence-corrected chi connectivity index (χ3v) is 9.18. The third kappa shape index (κ3) is 2.66. The standard InChI is InChI=1S/C29H30O10/c1-7-8-35-29-26-25(38-28(39-26,14(4)33-5)27(29)11-36-27)17-12(2)9-15-18(24(17)37-29)22(32)20-19(23(15)34-6)16(30)10-13(3)21(20)31/h1,9,13-14,16,25-26,30,32H,8,10-11H2,2-6H3/t13-,14?,16-,25+,26?,27?,28?,29?/m0/s1. The molecule has 5 aliphatic rings. The fourth-order valence-corrected chi connectivity index (χ4v) is 7.28. The number of carbonyl (C=O) groups excluding carboxylic acids is 1. The quantitative estimate of drug-likeness (QED) is 0.434. The average molecular weight is 539 g/mol. The molecule has 1 aliphatic carbocycles. The van der Waals surface area contributed by atoms with Gasteiger partial charge in [-0.2, -0.15) is 0 Å². The maximum absolute atomic E-state index is 13.4. The number of aromatic hydroxyl groups is 1. The number of phenolic OH excluding ortho intramolecular Hbond substituents is 1. The fourth-order valence-electron chi connectivity index (χ4n) is 7.28. The maximum atomic E-state index is 13.4. The summed E-state index contributed by atoms with van der Waals surface area (Å²) < 4.78 is 43.8. The molecule has 4 aliphatic heterocycles. The van der Waals surface area contributed by atoms with Crippen molar-refractivity contribution in [2.24, 2.45) is 5.92 Å². The highest BCUT2D eigenvalue weighted by Crippen LogP contribution is 2.72. The number of hydrogen-bond acceptors (Lipinski definition) is 10. The SMILES string of the molecule is C#CCOC12Oc3c(c(C)cc4c(OC)c5c(c(O)c34)C(=O)[C@@H](C)C[C@@H]5O)[C@H]3OC(C(C)OC)(OC31)C21CO1. The summed E-state index contributed by atoms with van der Waals surface area (Å²) in [7, 11) is 3.03. The number of aliphatic hydroxyl groups excluding tert-OH is 1. The van der Waals surface area contributed by atoms with Gasteiger partial charge in [0.15, 0.2) is 11.9 Å². The number of phenols is 1. The largest absolute Gasteiger partial charge is 0.506 e. The molecule has 2 bridgehead atoms. The van der Waals surface area contributed by atoms with Crippen LogP contribution in [-0.4, -0.2) is 72.8 Å². The van der Waals surface area contributed by atoms with Crippen LogP contribution in [0.25, 0.3) is 10.8 Å². The van der Waals surface area contributed by atoms with Crippen LogP contribution in [0.1, 0.15) is 59.5 Å². The second-order valence-electron chi connectivity index (χ2n) is 11.0. The molecule has 8 atom stereocenters. The van der Waals surface area contributed by atoms with E-state index in [2.05, 4.69) is 5.92 Å². The zero-order valence-corrected chi connectivity index (χ0v) is 22.3. The van der Waals surface area contributed by atoms with E-state index in [0.717, 1.165) is 5.56 Å². The number of methoxy groups -OCH3 is 2. The lowest BCUT2D eigenvalue weighted by atomic mass is 9.76. The first kappa shape index (κ1) is 25.1. The molecule has 0 amide bonds. The van der Waals surface area contributed by atoms with Crippen molar-refractivity contribution >= 4 is 16.6 Å². The van der Waals surface area contributed by atoms with Gasteiger partial charge >= 0.3 is 0 Å². The molecular formula is C29H30O10. The summed E-state index contributed by atoms with van der Waals surface area (Å²) in [4.78, 5) is 13.4. The first-order valence-electron chi connectivity index (χ1n) is 13.0. The molecule has 0 aromatic heterocycles. The predicted octanol–water partition coefficient (Wildman–Crippen LogP) is 2.83. The number of ketones is 1. The minimum atomic E-state index is -1.52. The van der Waals surface area contributed by atoms with E-state index >= 15 is 0 Å². The van der Waals surface area contributed by atoms with Crippen LogP contribution in [0.15, 0.2) is 6.07 Å². The Labute approximate surface area is 225 Å². The molecule has 3 saturated heterocycles. The van der Waals surface area contributed by atoms with E-state index in [-0.39, 0.29) is 53.4 Å². The highest BCUT2D eigenvalue weighted by Gasteiger charge is 2.92. The number of carbonyl (C=O) groups is 1. The van der Waals surface area contributed by atoms with E-state index in [1.54, 1.807) is 14.0 Å².